The molecular weight excluding hydrogens is 394 g/mol. The van der Waals surface area contributed by atoms with Crippen LogP contribution in [0.15, 0.2) is 18.2 Å². The number of benzene rings is 1. The third-order valence-electron chi connectivity index (χ3n) is 6.05. The molecule has 1 aliphatic rings. The zero-order valence-electron chi connectivity index (χ0n) is 19.0. The van der Waals surface area contributed by atoms with Gasteiger partial charge in [-0.3, -0.25) is 4.79 Å². The number of H-pyrrole nitrogens is 1. The van der Waals surface area contributed by atoms with Crippen molar-refractivity contribution in [3.63, 3.8) is 0 Å². The Kier molecular flexibility index (Phi) is 7.77. The van der Waals surface area contributed by atoms with E-state index in [4.69, 9.17) is 14.2 Å². The van der Waals surface area contributed by atoms with Crippen molar-refractivity contribution in [1.82, 2.24) is 4.98 Å². The summed E-state index contributed by atoms with van der Waals surface area (Å²) >= 11 is 0. The molecule has 1 aliphatic carbocycles. The number of nitrogens with one attached hydrogen (secondary N) is 1. The number of aromatic amines is 1. The molecule has 0 aliphatic heterocycles. The second-order valence-corrected chi connectivity index (χ2v) is 8.16. The van der Waals surface area contributed by atoms with Crippen molar-refractivity contribution in [1.29, 1.82) is 0 Å². The van der Waals surface area contributed by atoms with Crippen LogP contribution in [0.3, 0.4) is 0 Å². The number of methoxy groups -OCH3 is 2. The zero-order chi connectivity index (χ0) is 22.4. The molecule has 1 aromatic carbocycles. The molecule has 0 saturated carbocycles. The van der Waals surface area contributed by atoms with E-state index in [9.17, 15) is 9.59 Å². The van der Waals surface area contributed by atoms with Gasteiger partial charge in [0.15, 0.2) is 5.78 Å². The first-order valence-electron chi connectivity index (χ1n) is 11.1. The zero-order valence-corrected chi connectivity index (χ0v) is 19.0. The fourth-order valence-electron chi connectivity index (χ4n) is 4.36. The number of rotatable bonds is 10. The fraction of sp³-hybridized carbons (Fsp3) is 0.520. The van der Waals surface area contributed by atoms with Gasteiger partial charge < -0.3 is 19.2 Å². The van der Waals surface area contributed by atoms with Gasteiger partial charge in [-0.25, -0.2) is 4.79 Å². The average Bonchev–Trinajstić information content (AvgIpc) is 3.12. The van der Waals surface area contributed by atoms with E-state index in [1.807, 2.05) is 25.1 Å². The average molecular weight is 428 g/mol. The van der Waals surface area contributed by atoms with Gasteiger partial charge in [-0.1, -0.05) is 32.6 Å². The molecule has 0 spiro atoms. The summed E-state index contributed by atoms with van der Waals surface area (Å²) in [6, 6.07) is 5.62. The largest absolute Gasteiger partial charge is 0.497 e. The number of carbonyl (C=O) groups excluding carboxylic acids is 2. The summed E-state index contributed by atoms with van der Waals surface area (Å²) in [6.07, 6.45) is 6.46. The van der Waals surface area contributed by atoms with Crippen molar-refractivity contribution in [2.24, 2.45) is 0 Å². The highest BCUT2D eigenvalue weighted by Gasteiger charge is 2.33. The van der Waals surface area contributed by atoms with Crippen molar-refractivity contribution in [2.45, 2.75) is 64.7 Å². The highest BCUT2D eigenvalue weighted by atomic mass is 16.5. The van der Waals surface area contributed by atoms with Gasteiger partial charge in [-0.2, -0.15) is 0 Å². The molecule has 0 bridgehead atoms. The number of esters is 1. The Morgan fingerprint density at radius 2 is 1.87 bits per heavy atom. The van der Waals surface area contributed by atoms with Crippen LogP contribution in [0.1, 0.15) is 89.0 Å². The minimum absolute atomic E-state index is 0.0310. The van der Waals surface area contributed by atoms with Crippen LogP contribution in [-0.4, -0.2) is 37.6 Å². The summed E-state index contributed by atoms with van der Waals surface area (Å²) < 4.78 is 16.3. The SMILES string of the molecule is CCCCCCCOC(=O)c1[nH]c2c(c1C)C(=O)CC(c1cc(OC)ccc1OC)C2. The first-order chi connectivity index (χ1) is 15.0. The van der Waals surface area contributed by atoms with E-state index < -0.39 is 0 Å². The summed E-state index contributed by atoms with van der Waals surface area (Å²) in [6.45, 7) is 4.40. The predicted octanol–water partition coefficient (Wildman–Crippen LogP) is 5.38. The molecule has 0 amide bonds. The van der Waals surface area contributed by atoms with Gasteiger partial charge >= 0.3 is 5.97 Å². The van der Waals surface area contributed by atoms with Crippen molar-refractivity contribution >= 4 is 11.8 Å². The first-order valence-corrected chi connectivity index (χ1v) is 11.1. The number of aromatic nitrogens is 1. The van der Waals surface area contributed by atoms with Crippen molar-refractivity contribution in [3.8, 4) is 11.5 Å². The smallest absolute Gasteiger partial charge is 0.355 e. The van der Waals surface area contributed by atoms with Crippen molar-refractivity contribution < 1.29 is 23.8 Å². The van der Waals surface area contributed by atoms with Gasteiger partial charge in [0.25, 0.3) is 0 Å². The molecule has 6 nitrogen and oxygen atoms in total. The van der Waals surface area contributed by atoms with E-state index in [-0.39, 0.29) is 17.7 Å². The number of carbonyl (C=O) groups is 2. The number of unbranched alkanes of at least 4 members (excludes halogenated alkanes) is 4. The number of ether oxygens (including phenoxy) is 3. The van der Waals surface area contributed by atoms with Crippen LogP contribution >= 0.6 is 0 Å². The number of hydrogen-bond donors (Lipinski definition) is 1. The molecule has 3 rings (SSSR count). The topological polar surface area (TPSA) is 77.6 Å². The van der Waals surface area contributed by atoms with Crippen molar-refractivity contribution in [3.05, 3.63) is 46.3 Å². The maximum atomic E-state index is 13.0. The van der Waals surface area contributed by atoms with E-state index in [1.165, 1.54) is 12.8 Å². The minimum Gasteiger partial charge on any atom is -0.497 e. The summed E-state index contributed by atoms with van der Waals surface area (Å²) in [5.41, 5.74) is 3.44. The molecule has 0 radical (unpaired) electrons. The monoisotopic (exact) mass is 427 g/mol. The summed E-state index contributed by atoms with van der Waals surface area (Å²) in [7, 11) is 3.24. The van der Waals surface area contributed by atoms with Crippen LogP contribution in [0.2, 0.25) is 0 Å². The van der Waals surface area contributed by atoms with E-state index in [1.54, 1.807) is 14.2 Å². The van der Waals surface area contributed by atoms with E-state index in [0.717, 1.165) is 42.0 Å². The molecule has 31 heavy (non-hydrogen) atoms. The minimum atomic E-state index is -0.384. The molecule has 1 N–H and O–H groups in total. The molecule has 1 atom stereocenters. The lowest BCUT2D eigenvalue weighted by Gasteiger charge is -2.24. The highest BCUT2D eigenvalue weighted by molar-refractivity contribution is 6.03. The van der Waals surface area contributed by atoms with Gasteiger partial charge in [0.2, 0.25) is 0 Å². The lowest BCUT2D eigenvalue weighted by Crippen LogP contribution is -2.19. The molecule has 168 valence electrons. The van der Waals surface area contributed by atoms with Crippen LogP contribution in [0.5, 0.6) is 11.5 Å². The number of fused-ring (bicyclic) bond motifs is 1. The number of ketones is 1. The van der Waals surface area contributed by atoms with E-state index >= 15 is 0 Å². The molecule has 1 unspecified atom stereocenters. The van der Waals surface area contributed by atoms with E-state index in [0.29, 0.717) is 36.3 Å². The maximum absolute atomic E-state index is 13.0. The second kappa shape index (κ2) is 10.5. The lowest BCUT2D eigenvalue weighted by molar-refractivity contribution is 0.0490. The molecule has 2 aromatic rings. The Bertz CT molecular complexity index is 930. The fourth-order valence-corrected chi connectivity index (χ4v) is 4.36. The number of Topliss-reactive ketones (excluding diaryl/α,β-unsaturated/α-hetero) is 1. The van der Waals surface area contributed by atoms with Gasteiger partial charge in [0.05, 0.1) is 20.8 Å². The lowest BCUT2D eigenvalue weighted by atomic mass is 9.81. The van der Waals surface area contributed by atoms with Gasteiger partial charge in [0.1, 0.15) is 17.2 Å². The first kappa shape index (κ1) is 22.9. The Hall–Kier alpha value is -2.76. The van der Waals surface area contributed by atoms with E-state index in [2.05, 4.69) is 11.9 Å². The Labute approximate surface area is 184 Å². The summed E-state index contributed by atoms with van der Waals surface area (Å²) in [5, 5.41) is 0. The number of hydrogen-bond acceptors (Lipinski definition) is 5. The molecule has 0 fully saturated rings. The Morgan fingerprint density at radius 3 is 2.58 bits per heavy atom. The normalized spacial score (nSPS) is 15.5. The quantitative estimate of drug-likeness (QED) is 0.407. The summed E-state index contributed by atoms with van der Waals surface area (Å²) in [4.78, 5) is 28.8. The van der Waals surface area contributed by atoms with Gasteiger partial charge in [-0.15, -0.1) is 0 Å². The van der Waals surface area contributed by atoms with Crippen LogP contribution < -0.4 is 9.47 Å². The Balaban J connectivity index is 1.75. The Morgan fingerprint density at radius 1 is 1.10 bits per heavy atom. The van der Waals surface area contributed by atoms with Crippen LogP contribution in [0.4, 0.5) is 0 Å². The predicted molar refractivity (Wildman–Crippen MR) is 120 cm³/mol. The van der Waals surface area contributed by atoms with Gasteiger partial charge in [0, 0.05) is 29.2 Å². The molecule has 6 heteroatoms. The molecule has 0 saturated heterocycles. The van der Waals surface area contributed by atoms with Gasteiger partial charge in [-0.05, 0) is 43.5 Å². The maximum Gasteiger partial charge on any atom is 0.355 e. The molecular formula is C25H33NO5. The van der Waals surface area contributed by atoms with Crippen LogP contribution in [-0.2, 0) is 11.2 Å². The van der Waals surface area contributed by atoms with Crippen LogP contribution in [0, 0.1) is 6.92 Å². The van der Waals surface area contributed by atoms with Crippen molar-refractivity contribution in [2.75, 3.05) is 20.8 Å². The molecule has 1 aromatic heterocycles. The standard InChI is InChI=1S/C25H33NO5/c1-5-6-7-8-9-12-31-25(28)24-16(2)23-20(26-24)13-17(14-21(23)27)19-15-18(29-3)10-11-22(19)30-4/h10-11,15,17,26H,5-9,12-14H2,1-4H3. The third kappa shape index (κ3) is 5.12. The third-order valence-corrected chi connectivity index (χ3v) is 6.05. The highest BCUT2D eigenvalue weighted by Crippen LogP contribution is 2.40. The van der Waals surface area contributed by atoms with Crippen LogP contribution in [0.25, 0.3) is 0 Å². The summed E-state index contributed by atoms with van der Waals surface area (Å²) in [5.74, 6) is 1.05. The molecule has 1 heterocycles. The second-order valence-electron chi connectivity index (χ2n) is 8.16.